The molecule has 0 heterocycles. The third-order valence-electron chi connectivity index (χ3n) is 3.85. The molecular formula is C16H20O2. The van der Waals surface area contributed by atoms with Gasteiger partial charge < -0.3 is 0 Å². The van der Waals surface area contributed by atoms with Gasteiger partial charge >= 0.3 is 0 Å². The Bertz CT molecular complexity index is 452. The van der Waals surface area contributed by atoms with Gasteiger partial charge in [0.2, 0.25) is 0 Å². The maximum absolute atomic E-state index is 11.5. The minimum absolute atomic E-state index is 0.104. The number of hydrogen-bond acceptors (Lipinski definition) is 2. The second-order valence-electron chi connectivity index (χ2n) is 5.63. The Hall–Kier alpha value is -1.44. The molecule has 0 N–H and O–H groups in total. The number of carbonyl (C=O) groups excluding carboxylic acids is 2. The number of Topliss-reactive ketones (excluding diaryl/α,β-unsaturated/α-hetero) is 2. The van der Waals surface area contributed by atoms with Crippen molar-refractivity contribution < 1.29 is 9.59 Å². The van der Waals surface area contributed by atoms with Crippen LogP contribution in [0, 0.1) is 19.8 Å². The summed E-state index contributed by atoms with van der Waals surface area (Å²) in [5.41, 5.74) is 3.73. The molecule has 1 fully saturated rings. The quantitative estimate of drug-likeness (QED) is 0.748. The summed E-state index contributed by atoms with van der Waals surface area (Å²) in [6.07, 6.45) is 1.26. The number of benzene rings is 1. The van der Waals surface area contributed by atoms with Gasteiger partial charge in [0.1, 0.15) is 11.6 Å². The van der Waals surface area contributed by atoms with Crippen LogP contribution in [0.4, 0.5) is 0 Å². The Morgan fingerprint density at radius 1 is 1.00 bits per heavy atom. The normalized spacial score (nSPS) is 19.1. The van der Waals surface area contributed by atoms with Gasteiger partial charge in [-0.05, 0) is 31.2 Å². The minimum atomic E-state index is 0.104. The van der Waals surface area contributed by atoms with E-state index in [2.05, 4.69) is 39.0 Å². The summed E-state index contributed by atoms with van der Waals surface area (Å²) in [4.78, 5) is 23.1. The molecule has 0 amide bonds. The molecule has 1 saturated carbocycles. The van der Waals surface area contributed by atoms with Crippen molar-refractivity contribution >= 4 is 11.6 Å². The summed E-state index contributed by atoms with van der Waals surface area (Å²) < 4.78 is 0. The van der Waals surface area contributed by atoms with E-state index in [-0.39, 0.29) is 29.8 Å². The summed E-state index contributed by atoms with van der Waals surface area (Å²) in [6.45, 7) is 6.30. The van der Waals surface area contributed by atoms with Crippen molar-refractivity contribution in [3.8, 4) is 0 Å². The highest BCUT2D eigenvalue weighted by Crippen LogP contribution is 2.33. The monoisotopic (exact) mass is 244 g/mol. The Labute approximate surface area is 108 Å². The van der Waals surface area contributed by atoms with Crippen LogP contribution in [-0.4, -0.2) is 11.6 Å². The molecule has 1 aromatic rings. The molecule has 18 heavy (non-hydrogen) atoms. The van der Waals surface area contributed by atoms with Crippen LogP contribution in [0.25, 0.3) is 0 Å². The molecule has 0 aromatic heterocycles. The molecule has 0 bridgehead atoms. The lowest BCUT2D eigenvalue weighted by atomic mass is 9.76. The molecule has 1 aliphatic rings. The lowest BCUT2D eigenvalue weighted by Gasteiger charge is -2.27. The van der Waals surface area contributed by atoms with Crippen LogP contribution in [0.1, 0.15) is 48.8 Å². The lowest BCUT2D eigenvalue weighted by Crippen LogP contribution is -2.26. The highest BCUT2D eigenvalue weighted by atomic mass is 16.1. The number of ketones is 2. The van der Waals surface area contributed by atoms with E-state index < -0.39 is 0 Å². The van der Waals surface area contributed by atoms with E-state index >= 15 is 0 Å². The van der Waals surface area contributed by atoms with Crippen LogP contribution < -0.4 is 0 Å². The van der Waals surface area contributed by atoms with Crippen LogP contribution in [0.15, 0.2) is 18.2 Å². The fraction of sp³-hybridized carbons (Fsp3) is 0.500. The molecule has 0 radical (unpaired) electrons. The van der Waals surface area contributed by atoms with E-state index in [1.165, 1.54) is 16.7 Å². The second-order valence-corrected chi connectivity index (χ2v) is 5.63. The van der Waals surface area contributed by atoms with Gasteiger partial charge in [-0.25, -0.2) is 0 Å². The second kappa shape index (κ2) is 5.05. The zero-order valence-corrected chi connectivity index (χ0v) is 11.3. The molecule has 0 saturated heterocycles. The highest BCUT2D eigenvalue weighted by Gasteiger charge is 2.29. The van der Waals surface area contributed by atoms with E-state index in [9.17, 15) is 9.59 Å². The highest BCUT2D eigenvalue weighted by molar-refractivity contribution is 6.01. The summed E-state index contributed by atoms with van der Waals surface area (Å²) in [6, 6.07) is 6.48. The largest absolute Gasteiger partial charge is 0.299 e. The Morgan fingerprint density at radius 3 is 2.00 bits per heavy atom. The lowest BCUT2D eigenvalue weighted by molar-refractivity contribution is -0.131. The standard InChI is InChI=1S/C16H20O2/c1-10-4-11(2)6-13(5-10)12(3)14-7-15(17)9-16(18)8-14/h4-6,12,14H,7-9H2,1-3H3. The van der Waals surface area contributed by atoms with Crippen molar-refractivity contribution in [2.24, 2.45) is 5.92 Å². The Morgan fingerprint density at radius 2 is 1.50 bits per heavy atom. The van der Waals surface area contributed by atoms with Gasteiger partial charge in [0, 0.05) is 12.8 Å². The molecule has 1 atom stereocenters. The van der Waals surface area contributed by atoms with E-state index in [1.807, 2.05) is 0 Å². The Kier molecular flexibility index (Phi) is 3.65. The summed E-state index contributed by atoms with van der Waals surface area (Å²) in [5.74, 6) is 0.664. The predicted molar refractivity (Wildman–Crippen MR) is 71.7 cm³/mol. The van der Waals surface area contributed by atoms with Gasteiger partial charge in [0.25, 0.3) is 0 Å². The summed E-state index contributed by atoms with van der Waals surface area (Å²) in [7, 11) is 0. The number of rotatable bonds is 2. The molecule has 1 aliphatic carbocycles. The summed E-state index contributed by atoms with van der Waals surface area (Å²) in [5, 5.41) is 0. The van der Waals surface area contributed by atoms with Gasteiger partial charge in [-0.1, -0.05) is 36.2 Å². The first kappa shape index (κ1) is 13.0. The number of aryl methyl sites for hydroxylation is 2. The van der Waals surface area contributed by atoms with E-state index in [0.717, 1.165) is 0 Å². The Balaban J connectivity index is 2.22. The number of hydrogen-bond donors (Lipinski definition) is 0. The van der Waals surface area contributed by atoms with Crippen LogP contribution >= 0.6 is 0 Å². The van der Waals surface area contributed by atoms with Gasteiger partial charge in [0.05, 0.1) is 6.42 Å². The fourth-order valence-corrected chi connectivity index (χ4v) is 2.92. The van der Waals surface area contributed by atoms with E-state index in [4.69, 9.17) is 0 Å². The average molecular weight is 244 g/mol. The molecule has 96 valence electrons. The van der Waals surface area contributed by atoms with Crippen molar-refractivity contribution in [1.29, 1.82) is 0 Å². The van der Waals surface area contributed by atoms with E-state index in [0.29, 0.717) is 12.8 Å². The van der Waals surface area contributed by atoms with Crippen molar-refractivity contribution in [2.75, 3.05) is 0 Å². The first-order valence-corrected chi connectivity index (χ1v) is 6.57. The topological polar surface area (TPSA) is 34.1 Å². The fourth-order valence-electron chi connectivity index (χ4n) is 2.92. The number of carbonyl (C=O) groups is 2. The third kappa shape index (κ3) is 2.87. The molecule has 1 aromatic carbocycles. The molecule has 2 nitrogen and oxygen atoms in total. The average Bonchev–Trinajstić information content (AvgIpc) is 2.25. The smallest absolute Gasteiger partial charge is 0.140 e. The van der Waals surface area contributed by atoms with Crippen LogP contribution in [0.2, 0.25) is 0 Å². The predicted octanol–water partition coefficient (Wildman–Crippen LogP) is 3.35. The first-order valence-electron chi connectivity index (χ1n) is 6.57. The SMILES string of the molecule is Cc1cc(C)cc(C(C)C2CC(=O)CC(=O)C2)c1. The van der Waals surface area contributed by atoms with Crippen LogP contribution in [0.3, 0.4) is 0 Å². The van der Waals surface area contributed by atoms with Gasteiger partial charge in [-0.2, -0.15) is 0 Å². The molecule has 2 heteroatoms. The maximum Gasteiger partial charge on any atom is 0.140 e. The molecule has 2 rings (SSSR count). The molecular weight excluding hydrogens is 224 g/mol. The van der Waals surface area contributed by atoms with Gasteiger partial charge in [-0.15, -0.1) is 0 Å². The van der Waals surface area contributed by atoms with Crippen molar-refractivity contribution in [3.05, 3.63) is 34.9 Å². The van der Waals surface area contributed by atoms with Crippen LogP contribution in [0.5, 0.6) is 0 Å². The first-order chi connectivity index (χ1) is 8.45. The van der Waals surface area contributed by atoms with Gasteiger partial charge in [-0.3, -0.25) is 9.59 Å². The maximum atomic E-state index is 11.5. The van der Waals surface area contributed by atoms with Gasteiger partial charge in [0.15, 0.2) is 0 Å². The van der Waals surface area contributed by atoms with Crippen molar-refractivity contribution in [3.63, 3.8) is 0 Å². The molecule has 0 aliphatic heterocycles. The molecule has 0 spiro atoms. The van der Waals surface area contributed by atoms with E-state index in [1.54, 1.807) is 0 Å². The zero-order chi connectivity index (χ0) is 13.3. The minimum Gasteiger partial charge on any atom is -0.299 e. The van der Waals surface area contributed by atoms with Crippen LogP contribution in [-0.2, 0) is 9.59 Å². The van der Waals surface area contributed by atoms with Crippen molar-refractivity contribution in [2.45, 2.75) is 46.0 Å². The zero-order valence-electron chi connectivity index (χ0n) is 11.3. The third-order valence-corrected chi connectivity index (χ3v) is 3.85. The molecule has 1 unspecified atom stereocenters. The summed E-state index contributed by atoms with van der Waals surface area (Å²) >= 11 is 0. The van der Waals surface area contributed by atoms with Crippen molar-refractivity contribution in [1.82, 2.24) is 0 Å².